The number of rotatable bonds is 7. The van der Waals surface area contributed by atoms with Crippen molar-refractivity contribution < 1.29 is 14.3 Å². The first kappa shape index (κ1) is 22.4. The zero-order valence-electron chi connectivity index (χ0n) is 18.8. The average molecular weight is 435 g/mol. The van der Waals surface area contributed by atoms with Crippen molar-refractivity contribution in [3.63, 3.8) is 0 Å². The minimum atomic E-state index is -0.113. The van der Waals surface area contributed by atoms with Crippen molar-refractivity contribution in [2.24, 2.45) is 5.92 Å². The Balaban J connectivity index is 1.40. The van der Waals surface area contributed by atoms with Crippen molar-refractivity contribution in [2.45, 2.75) is 32.0 Å². The van der Waals surface area contributed by atoms with E-state index in [-0.39, 0.29) is 24.1 Å². The molecule has 0 bridgehead atoms. The van der Waals surface area contributed by atoms with E-state index in [1.54, 1.807) is 7.11 Å². The molecule has 2 N–H and O–H groups in total. The summed E-state index contributed by atoms with van der Waals surface area (Å²) in [5, 5.41) is 8.96. The highest BCUT2D eigenvalue weighted by molar-refractivity contribution is 5.95. The minimum Gasteiger partial charge on any atom is -0.382 e. The largest absolute Gasteiger partial charge is 0.382 e. The van der Waals surface area contributed by atoms with Gasteiger partial charge in [0.2, 0.25) is 0 Å². The Morgan fingerprint density at radius 1 is 1.16 bits per heavy atom. The number of carbonyl (C=O) groups excluding carboxylic acids is 1. The number of nitrogens with one attached hydrogen (secondary N) is 2. The van der Waals surface area contributed by atoms with Gasteiger partial charge in [0.05, 0.1) is 30.9 Å². The summed E-state index contributed by atoms with van der Waals surface area (Å²) in [5.74, 6) is 0.575. The molecule has 1 amide bonds. The zero-order valence-corrected chi connectivity index (χ0v) is 18.8. The molecule has 168 valence electrons. The molecular weight excluding hydrogens is 404 g/mol. The molecule has 2 aliphatic heterocycles. The summed E-state index contributed by atoms with van der Waals surface area (Å²) in [5.41, 5.74) is 11.4. The van der Waals surface area contributed by atoms with Crippen LogP contribution in [0.5, 0.6) is 0 Å². The predicted molar refractivity (Wildman–Crippen MR) is 121 cm³/mol. The third-order valence-electron chi connectivity index (χ3n) is 6.51. The van der Waals surface area contributed by atoms with Gasteiger partial charge in [0, 0.05) is 37.6 Å². The van der Waals surface area contributed by atoms with E-state index in [1.807, 2.05) is 47.4 Å². The molecule has 7 nitrogen and oxygen atoms in total. The van der Waals surface area contributed by atoms with Crippen LogP contribution in [0.25, 0.3) is 0 Å². The van der Waals surface area contributed by atoms with Gasteiger partial charge in [0.25, 0.3) is 5.91 Å². The number of nitriles is 1. The van der Waals surface area contributed by atoms with Crippen LogP contribution in [0, 0.1) is 24.2 Å². The van der Waals surface area contributed by atoms with Gasteiger partial charge in [0.15, 0.2) is 0 Å². The zero-order chi connectivity index (χ0) is 22.7. The standard InChI is InChI=1S/C25H30N4O3/c1-16-4-7-20(12-22(16)23-17(2)24(28-27-23)32-11-10-31-3)25(30)29-14-21(15-29)19-8-5-18(13-26)6-9-19/h4-9,12,17,21,23-24,27-28H,10-11,14-15H2,1-3H3. The lowest BCUT2D eigenvalue weighted by Crippen LogP contribution is -2.48. The highest BCUT2D eigenvalue weighted by Gasteiger charge is 2.36. The van der Waals surface area contributed by atoms with Gasteiger partial charge >= 0.3 is 0 Å². The third-order valence-corrected chi connectivity index (χ3v) is 6.51. The van der Waals surface area contributed by atoms with E-state index in [0.29, 0.717) is 43.3 Å². The highest BCUT2D eigenvalue weighted by atomic mass is 16.5. The van der Waals surface area contributed by atoms with Crippen LogP contribution in [0.2, 0.25) is 0 Å². The number of methoxy groups -OCH3 is 1. The van der Waals surface area contributed by atoms with Crippen LogP contribution in [0.3, 0.4) is 0 Å². The number of hydrogen-bond acceptors (Lipinski definition) is 6. The van der Waals surface area contributed by atoms with E-state index in [4.69, 9.17) is 14.7 Å². The van der Waals surface area contributed by atoms with Crippen molar-refractivity contribution >= 4 is 5.91 Å². The van der Waals surface area contributed by atoms with Gasteiger partial charge in [-0.25, -0.2) is 10.9 Å². The molecule has 2 aliphatic rings. The molecule has 0 aromatic heterocycles. The molecule has 0 radical (unpaired) electrons. The quantitative estimate of drug-likeness (QED) is 0.652. The molecule has 7 heteroatoms. The fourth-order valence-corrected chi connectivity index (χ4v) is 4.40. The lowest BCUT2D eigenvalue weighted by Gasteiger charge is -2.39. The van der Waals surface area contributed by atoms with Crippen LogP contribution in [-0.4, -0.2) is 50.4 Å². The fourth-order valence-electron chi connectivity index (χ4n) is 4.40. The van der Waals surface area contributed by atoms with Crippen molar-refractivity contribution in [3.05, 3.63) is 70.3 Å². The van der Waals surface area contributed by atoms with Gasteiger partial charge < -0.3 is 14.4 Å². The number of amides is 1. The summed E-state index contributed by atoms with van der Waals surface area (Å²) in [4.78, 5) is 15.0. The van der Waals surface area contributed by atoms with Crippen LogP contribution < -0.4 is 10.9 Å². The maximum atomic E-state index is 13.1. The SMILES string of the molecule is COCCOC1NNC(c2cc(C(=O)N3CC(c4ccc(C#N)cc4)C3)ccc2C)C1C. The summed E-state index contributed by atoms with van der Waals surface area (Å²) >= 11 is 0. The average Bonchev–Trinajstić information content (AvgIpc) is 3.14. The van der Waals surface area contributed by atoms with Gasteiger partial charge in [-0.3, -0.25) is 4.79 Å². The topological polar surface area (TPSA) is 86.6 Å². The molecule has 4 rings (SSSR count). The Morgan fingerprint density at radius 3 is 2.59 bits per heavy atom. The van der Waals surface area contributed by atoms with Gasteiger partial charge in [-0.15, -0.1) is 0 Å². The highest BCUT2D eigenvalue weighted by Crippen LogP contribution is 2.33. The van der Waals surface area contributed by atoms with Gasteiger partial charge in [-0.05, 0) is 47.9 Å². The number of hydrogen-bond donors (Lipinski definition) is 2. The summed E-state index contributed by atoms with van der Waals surface area (Å²) < 4.78 is 10.9. The Morgan fingerprint density at radius 2 is 1.91 bits per heavy atom. The molecule has 3 atom stereocenters. The fraction of sp³-hybridized carbons (Fsp3) is 0.440. The van der Waals surface area contributed by atoms with E-state index in [1.165, 1.54) is 5.56 Å². The number of benzene rings is 2. The van der Waals surface area contributed by atoms with E-state index >= 15 is 0 Å². The number of nitrogens with zero attached hydrogens (tertiary/aromatic N) is 2. The first-order valence-corrected chi connectivity index (χ1v) is 11.0. The molecule has 0 spiro atoms. The Kier molecular flexibility index (Phi) is 6.87. The third kappa shape index (κ3) is 4.54. The van der Waals surface area contributed by atoms with E-state index in [9.17, 15) is 4.79 Å². The Hall–Kier alpha value is -2.76. The minimum absolute atomic E-state index is 0.0538. The van der Waals surface area contributed by atoms with Crippen LogP contribution >= 0.6 is 0 Å². The van der Waals surface area contributed by atoms with E-state index < -0.39 is 0 Å². The summed E-state index contributed by atoms with van der Waals surface area (Å²) in [6, 6.07) is 15.8. The molecule has 2 heterocycles. The lowest BCUT2D eigenvalue weighted by molar-refractivity contribution is -0.0120. The molecule has 2 saturated heterocycles. The number of carbonyl (C=O) groups is 1. The monoisotopic (exact) mass is 434 g/mol. The molecule has 2 aromatic rings. The number of likely N-dealkylation sites (tertiary alicyclic amines) is 1. The second-order valence-electron chi connectivity index (χ2n) is 8.62. The molecule has 0 saturated carbocycles. The van der Waals surface area contributed by atoms with Gasteiger partial charge in [0.1, 0.15) is 6.23 Å². The molecule has 2 fully saturated rings. The van der Waals surface area contributed by atoms with Crippen molar-refractivity contribution in [1.82, 2.24) is 15.8 Å². The molecule has 32 heavy (non-hydrogen) atoms. The van der Waals surface area contributed by atoms with Crippen molar-refractivity contribution in [3.8, 4) is 6.07 Å². The molecule has 2 aromatic carbocycles. The van der Waals surface area contributed by atoms with Crippen LogP contribution in [0.1, 0.15) is 51.5 Å². The number of ether oxygens (including phenoxy) is 2. The van der Waals surface area contributed by atoms with Crippen LogP contribution in [-0.2, 0) is 9.47 Å². The lowest BCUT2D eigenvalue weighted by atomic mass is 9.88. The van der Waals surface area contributed by atoms with Gasteiger partial charge in [-0.1, -0.05) is 25.1 Å². The van der Waals surface area contributed by atoms with Crippen molar-refractivity contribution in [2.75, 3.05) is 33.4 Å². The predicted octanol–water partition coefficient (Wildman–Crippen LogP) is 2.88. The summed E-state index contributed by atoms with van der Waals surface area (Å²) in [7, 11) is 1.66. The number of hydrazine groups is 1. The first-order chi connectivity index (χ1) is 15.5. The number of aryl methyl sites for hydroxylation is 1. The second kappa shape index (κ2) is 9.80. The maximum Gasteiger partial charge on any atom is 0.253 e. The van der Waals surface area contributed by atoms with Crippen molar-refractivity contribution in [1.29, 1.82) is 5.26 Å². The molecule has 3 unspecified atom stereocenters. The van der Waals surface area contributed by atoms with E-state index in [2.05, 4.69) is 30.8 Å². The van der Waals surface area contributed by atoms with Gasteiger partial charge in [-0.2, -0.15) is 5.26 Å². The first-order valence-electron chi connectivity index (χ1n) is 11.0. The molecule has 0 aliphatic carbocycles. The normalized spacial score (nSPS) is 23.1. The molecular formula is C25H30N4O3. The second-order valence-corrected chi connectivity index (χ2v) is 8.62. The Labute approximate surface area is 189 Å². The summed E-state index contributed by atoms with van der Waals surface area (Å²) in [6.45, 7) is 6.69. The summed E-state index contributed by atoms with van der Waals surface area (Å²) in [6.07, 6.45) is -0.113. The van der Waals surface area contributed by atoms with Crippen LogP contribution in [0.4, 0.5) is 0 Å². The smallest absolute Gasteiger partial charge is 0.253 e. The Bertz CT molecular complexity index is 995. The maximum absolute atomic E-state index is 13.1. The van der Waals surface area contributed by atoms with Crippen LogP contribution in [0.15, 0.2) is 42.5 Å². The van der Waals surface area contributed by atoms with E-state index in [0.717, 1.165) is 11.1 Å².